The lowest BCUT2D eigenvalue weighted by atomic mass is 10.4. The molecule has 0 N–H and O–H groups in total. The minimum Gasteiger partial charge on any atom is -0.359 e. The molecular weight excluding hydrogens is 166 g/mol. The molecular formula is C9H11N3O. The van der Waals surface area contributed by atoms with Gasteiger partial charge in [0.1, 0.15) is 6.54 Å². The van der Waals surface area contributed by atoms with Gasteiger partial charge >= 0.3 is 0 Å². The van der Waals surface area contributed by atoms with Gasteiger partial charge in [0.2, 0.25) is 0 Å². The van der Waals surface area contributed by atoms with Crippen LogP contribution in [0.15, 0.2) is 22.9 Å². The number of aryl methyl sites for hydroxylation is 2. The molecule has 0 aliphatic rings. The topological polar surface area (TPSA) is 43.9 Å². The summed E-state index contributed by atoms with van der Waals surface area (Å²) in [5.74, 6) is 0.834. The van der Waals surface area contributed by atoms with Crippen LogP contribution in [-0.4, -0.2) is 14.9 Å². The number of rotatable bonds is 2. The first-order chi connectivity index (χ1) is 6.24. The largest absolute Gasteiger partial charge is 0.359 e. The quantitative estimate of drug-likeness (QED) is 0.698. The summed E-state index contributed by atoms with van der Waals surface area (Å²) in [6.07, 6.45) is 1.92. The molecule has 0 saturated heterocycles. The molecule has 0 spiro atoms. The Morgan fingerprint density at radius 3 is 2.77 bits per heavy atom. The number of nitrogens with zero attached hydrogens (tertiary/aromatic N) is 3. The molecule has 0 unspecified atom stereocenters. The van der Waals surface area contributed by atoms with E-state index in [9.17, 15) is 0 Å². The van der Waals surface area contributed by atoms with Gasteiger partial charge in [-0.2, -0.15) is 5.10 Å². The Morgan fingerprint density at radius 1 is 1.38 bits per heavy atom. The lowest BCUT2D eigenvalue weighted by Gasteiger charge is -1.94. The second-order valence-corrected chi connectivity index (χ2v) is 3.09. The Hall–Kier alpha value is -1.58. The third-order valence-corrected chi connectivity index (χ3v) is 1.77. The van der Waals surface area contributed by atoms with E-state index >= 15 is 0 Å². The fourth-order valence-electron chi connectivity index (χ4n) is 1.20. The van der Waals surface area contributed by atoms with Gasteiger partial charge in [-0.25, -0.2) is 0 Å². The zero-order valence-corrected chi connectivity index (χ0v) is 7.69. The minimum atomic E-state index is 0.648. The van der Waals surface area contributed by atoms with Crippen molar-refractivity contribution >= 4 is 0 Å². The molecule has 2 aromatic heterocycles. The highest BCUT2D eigenvalue weighted by Gasteiger charge is 2.01. The average molecular weight is 177 g/mol. The van der Waals surface area contributed by atoms with Crippen LogP contribution in [0.4, 0.5) is 0 Å². The Labute approximate surface area is 76.2 Å². The van der Waals surface area contributed by atoms with Gasteiger partial charge < -0.3 is 4.52 Å². The Bertz CT molecular complexity index is 364. The monoisotopic (exact) mass is 177 g/mol. The summed E-state index contributed by atoms with van der Waals surface area (Å²) in [4.78, 5) is 0. The van der Waals surface area contributed by atoms with Crippen LogP contribution in [0.3, 0.4) is 0 Å². The second-order valence-electron chi connectivity index (χ2n) is 3.09. The van der Waals surface area contributed by atoms with E-state index in [4.69, 9.17) is 4.52 Å². The van der Waals surface area contributed by atoms with Crippen LogP contribution in [-0.2, 0) is 6.54 Å². The summed E-state index contributed by atoms with van der Waals surface area (Å²) < 4.78 is 6.90. The molecule has 0 bridgehead atoms. The van der Waals surface area contributed by atoms with Crippen LogP contribution < -0.4 is 0 Å². The molecule has 0 aromatic carbocycles. The zero-order chi connectivity index (χ0) is 9.26. The molecule has 0 amide bonds. The van der Waals surface area contributed by atoms with Crippen molar-refractivity contribution in [3.63, 3.8) is 0 Å². The maximum Gasteiger partial charge on any atom is 0.158 e. The highest BCUT2D eigenvalue weighted by Crippen LogP contribution is 2.04. The fourth-order valence-corrected chi connectivity index (χ4v) is 1.20. The first kappa shape index (κ1) is 8.04. The van der Waals surface area contributed by atoms with E-state index in [0.717, 1.165) is 17.1 Å². The minimum absolute atomic E-state index is 0.648. The van der Waals surface area contributed by atoms with Gasteiger partial charge in [-0.05, 0) is 19.9 Å². The highest BCUT2D eigenvalue weighted by atomic mass is 16.5. The summed E-state index contributed by atoms with van der Waals surface area (Å²) in [6.45, 7) is 4.51. The molecule has 2 rings (SSSR count). The molecule has 0 saturated carbocycles. The van der Waals surface area contributed by atoms with Crippen molar-refractivity contribution in [2.45, 2.75) is 20.4 Å². The lowest BCUT2D eigenvalue weighted by Crippen LogP contribution is -1.98. The van der Waals surface area contributed by atoms with Crippen LogP contribution in [0.2, 0.25) is 0 Å². The number of hydrogen-bond acceptors (Lipinski definition) is 3. The SMILES string of the molecule is Cc1cc(Cn2ccc(C)n2)on1. The molecule has 68 valence electrons. The summed E-state index contributed by atoms with van der Waals surface area (Å²) in [7, 11) is 0. The van der Waals surface area contributed by atoms with Crippen molar-refractivity contribution in [3.05, 3.63) is 35.5 Å². The predicted molar refractivity (Wildman–Crippen MR) is 47.3 cm³/mol. The van der Waals surface area contributed by atoms with Crippen molar-refractivity contribution in [1.82, 2.24) is 14.9 Å². The molecule has 2 aromatic rings. The normalized spacial score (nSPS) is 10.6. The fraction of sp³-hybridized carbons (Fsp3) is 0.333. The van der Waals surface area contributed by atoms with Crippen LogP contribution >= 0.6 is 0 Å². The Kier molecular flexibility index (Phi) is 1.88. The Morgan fingerprint density at radius 2 is 2.23 bits per heavy atom. The predicted octanol–water partition coefficient (Wildman–Crippen LogP) is 1.54. The third kappa shape index (κ3) is 1.77. The van der Waals surface area contributed by atoms with Gasteiger partial charge in [-0.3, -0.25) is 4.68 Å². The summed E-state index contributed by atoms with van der Waals surface area (Å²) in [6, 6.07) is 3.88. The molecule has 13 heavy (non-hydrogen) atoms. The van der Waals surface area contributed by atoms with Crippen LogP contribution in [0.25, 0.3) is 0 Å². The molecule has 0 radical (unpaired) electrons. The zero-order valence-electron chi connectivity index (χ0n) is 7.69. The van der Waals surface area contributed by atoms with Crippen molar-refractivity contribution in [2.75, 3.05) is 0 Å². The number of aromatic nitrogens is 3. The van der Waals surface area contributed by atoms with Gasteiger partial charge in [0.05, 0.1) is 11.4 Å². The first-order valence-electron chi connectivity index (χ1n) is 4.16. The maximum atomic E-state index is 5.07. The van der Waals surface area contributed by atoms with E-state index < -0.39 is 0 Å². The molecule has 4 nitrogen and oxygen atoms in total. The van der Waals surface area contributed by atoms with Crippen molar-refractivity contribution < 1.29 is 4.52 Å². The molecule has 0 atom stereocenters. The van der Waals surface area contributed by atoms with Gasteiger partial charge in [0.25, 0.3) is 0 Å². The van der Waals surface area contributed by atoms with Gasteiger partial charge in [-0.15, -0.1) is 0 Å². The first-order valence-corrected chi connectivity index (χ1v) is 4.16. The van der Waals surface area contributed by atoms with Crippen molar-refractivity contribution in [3.8, 4) is 0 Å². The molecule has 0 aliphatic carbocycles. The molecule has 0 fully saturated rings. The average Bonchev–Trinajstić information content (AvgIpc) is 2.62. The lowest BCUT2D eigenvalue weighted by molar-refractivity contribution is 0.368. The van der Waals surface area contributed by atoms with Crippen LogP contribution in [0.1, 0.15) is 17.1 Å². The van der Waals surface area contributed by atoms with Gasteiger partial charge in [0.15, 0.2) is 5.76 Å². The molecule has 2 heterocycles. The summed E-state index contributed by atoms with van der Waals surface area (Å²) in [5, 5.41) is 8.05. The smallest absolute Gasteiger partial charge is 0.158 e. The molecule has 4 heteroatoms. The second kappa shape index (κ2) is 3.05. The van der Waals surface area contributed by atoms with E-state index in [1.807, 2.05) is 36.9 Å². The van der Waals surface area contributed by atoms with Crippen LogP contribution in [0, 0.1) is 13.8 Å². The van der Waals surface area contributed by atoms with E-state index in [0.29, 0.717) is 6.54 Å². The van der Waals surface area contributed by atoms with Crippen LogP contribution in [0.5, 0.6) is 0 Å². The van der Waals surface area contributed by atoms with E-state index in [-0.39, 0.29) is 0 Å². The summed E-state index contributed by atoms with van der Waals surface area (Å²) >= 11 is 0. The van der Waals surface area contributed by atoms with E-state index in [1.165, 1.54) is 0 Å². The van der Waals surface area contributed by atoms with Gasteiger partial charge in [0, 0.05) is 12.3 Å². The van der Waals surface area contributed by atoms with E-state index in [2.05, 4.69) is 10.3 Å². The Balaban J connectivity index is 2.14. The van der Waals surface area contributed by atoms with Crippen molar-refractivity contribution in [1.29, 1.82) is 0 Å². The summed E-state index contributed by atoms with van der Waals surface area (Å²) in [5.41, 5.74) is 1.91. The van der Waals surface area contributed by atoms with Crippen molar-refractivity contribution in [2.24, 2.45) is 0 Å². The van der Waals surface area contributed by atoms with Gasteiger partial charge in [-0.1, -0.05) is 5.16 Å². The third-order valence-electron chi connectivity index (χ3n) is 1.77. The molecule has 0 aliphatic heterocycles. The number of hydrogen-bond donors (Lipinski definition) is 0. The van der Waals surface area contributed by atoms with E-state index in [1.54, 1.807) is 0 Å². The standard InChI is InChI=1S/C9H11N3O/c1-7-3-4-12(10-7)6-9-5-8(2)11-13-9/h3-5H,6H2,1-2H3. The maximum absolute atomic E-state index is 5.07. The highest BCUT2D eigenvalue weighted by molar-refractivity contribution is 5.04.